The van der Waals surface area contributed by atoms with Crippen LogP contribution in [0.25, 0.3) is 0 Å². The third-order valence-electron chi connectivity index (χ3n) is 3.33. The van der Waals surface area contributed by atoms with E-state index in [2.05, 4.69) is 5.32 Å². The van der Waals surface area contributed by atoms with Gasteiger partial charge in [-0.2, -0.15) is 0 Å². The van der Waals surface area contributed by atoms with Gasteiger partial charge in [0.05, 0.1) is 0 Å². The Labute approximate surface area is 106 Å². The van der Waals surface area contributed by atoms with E-state index in [0.29, 0.717) is 18.0 Å². The van der Waals surface area contributed by atoms with Crippen molar-refractivity contribution in [2.45, 2.75) is 38.6 Å². The van der Waals surface area contributed by atoms with Crippen molar-refractivity contribution in [1.29, 1.82) is 0 Å². The molecule has 3 nitrogen and oxygen atoms in total. The molecule has 4 heteroatoms. The van der Waals surface area contributed by atoms with Gasteiger partial charge in [0.15, 0.2) is 0 Å². The van der Waals surface area contributed by atoms with Crippen LogP contribution in [0, 0.1) is 18.7 Å². The van der Waals surface area contributed by atoms with Crippen LogP contribution < -0.4 is 5.32 Å². The average Bonchev–Trinajstić information content (AvgIpc) is 2.99. The minimum Gasteiger partial charge on any atom is -0.480 e. The molecule has 0 heterocycles. The third-order valence-corrected chi connectivity index (χ3v) is 3.33. The number of rotatable bonds is 5. The molecule has 0 aliphatic heterocycles. The first kappa shape index (κ1) is 12.9. The van der Waals surface area contributed by atoms with Crippen LogP contribution in [0.2, 0.25) is 0 Å². The summed E-state index contributed by atoms with van der Waals surface area (Å²) in [5.74, 6) is -0.763. The Balaban J connectivity index is 2.19. The summed E-state index contributed by atoms with van der Waals surface area (Å²) in [5, 5.41) is 12.3. The van der Waals surface area contributed by atoms with E-state index in [9.17, 15) is 14.3 Å². The van der Waals surface area contributed by atoms with Gasteiger partial charge in [0.25, 0.3) is 0 Å². The highest BCUT2D eigenvalue weighted by Gasteiger charge is 2.39. The maximum atomic E-state index is 13.3. The van der Waals surface area contributed by atoms with Crippen molar-refractivity contribution in [2.24, 2.45) is 5.92 Å². The Morgan fingerprint density at radius 2 is 2.17 bits per heavy atom. The predicted octanol–water partition coefficient (Wildman–Crippen LogP) is 3.19. The fourth-order valence-electron chi connectivity index (χ4n) is 2.22. The molecule has 2 rings (SSSR count). The molecule has 1 aliphatic carbocycles. The van der Waals surface area contributed by atoms with Gasteiger partial charge in [-0.25, -0.2) is 9.18 Å². The molecule has 18 heavy (non-hydrogen) atoms. The van der Waals surface area contributed by atoms with E-state index in [0.717, 1.165) is 18.4 Å². The number of hydrogen-bond donors (Lipinski definition) is 2. The molecule has 0 spiro atoms. The molecule has 1 fully saturated rings. The van der Waals surface area contributed by atoms with Gasteiger partial charge < -0.3 is 10.4 Å². The number of aliphatic carboxylic acids is 1. The summed E-state index contributed by atoms with van der Waals surface area (Å²) in [6, 6.07) is 4.52. The summed E-state index contributed by atoms with van der Waals surface area (Å²) in [7, 11) is 0. The van der Waals surface area contributed by atoms with Crippen LogP contribution in [-0.4, -0.2) is 16.6 Å². The predicted molar refractivity (Wildman–Crippen MR) is 68.1 cm³/mol. The topological polar surface area (TPSA) is 49.3 Å². The van der Waals surface area contributed by atoms with E-state index in [4.69, 9.17) is 0 Å². The van der Waals surface area contributed by atoms with Crippen molar-refractivity contribution in [1.82, 2.24) is 0 Å². The lowest BCUT2D eigenvalue weighted by Gasteiger charge is -2.27. The smallest absolute Gasteiger partial charge is 0.329 e. The summed E-state index contributed by atoms with van der Waals surface area (Å²) in [6.45, 7) is 3.45. The highest BCUT2D eigenvalue weighted by Crippen LogP contribution is 2.38. The molecule has 1 aromatic carbocycles. The molecular weight excluding hydrogens is 233 g/mol. The standard InChI is InChI=1S/C14H18FNO2/c1-9-5-11(15)7-12(6-9)16-14(2,13(17)18)8-10-3-4-10/h5-7,10,16H,3-4,8H2,1-2H3,(H,17,18). The molecule has 1 aromatic rings. The van der Waals surface area contributed by atoms with Crippen molar-refractivity contribution < 1.29 is 14.3 Å². The van der Waals surface area contributed by atoms with Gasteiger partial charge in [-0.1, -0.05) is 12.8 Å². The SMILES string of the molecule is Cc1cc(F)cc(NC(C)(CC2CC2)C(=O)O)c1. The van der Waals surface area contributed by atoms with Crippen molar-refractivity contribution >= 4 is 11.7 Å². The normalized spacial score (nSPS) is 18.2. The molecule has 1 saturated carbocycles. The number of anilines is 1. The average molecular weight is 251 g/mol. The van der Waals surface area contributed by atoms with Gasteiger partial charge in [0.1, 0.15) is 11.4 Å². The van der Waals surface area contributed by atoms with E-state index in [1.165, 1.54) is 12.1 Å². The zero-order valence-corrected chi connectivity index (χ0v) is 10.7. The molecule has 1 unspecified atom stereocenters. The first-order chi connectivity index (χ1) is 8.39. The maximum Gasteiger partial charge on any atom is 0.329 e. The number of halogens is 1. The first-order valence-electron chi connectivity index (χ1n) is 6.18. The number of nitrogens with one attached hydrogen (secondary N) is 1. The highest BCUT2D eigenvalue weighted by atomic mass is 19.1. The molecule has 0 radical (unpaired) electrons. The third kappa shape index (κ3) is 3.00. The Kier molecular flexibility index (Phi) is 3.28. The first-order valence-corrected chi connectivity index (χ1v) is 6.18. The number of benzene rings is 1. The summed E-state index contributed by atoms with van der Waals surface area (Å²) in [6.07, 6.45) is 2.76. The Hall–Kier alpha value is -1.58. The van der Waals surface area contributed by atoms with Crippen molar-refractivity contribution in [3.63, 3.8) is 0 Å². The van der Waals surface area contributed by atoms with Crippen LogP contribution >= 0.6 is 0 Å². The Morgan fingerprint density at radius 3 is 2.67 bits per heavy atom. The lowest BCUT2D eigenvalue weighted by molar-refractivity contribution is -0.142. The number of carbonyl (C=O) groups is 1. The second-order valence-electron chi connectivity index (χ2n) is 5.43. The summed E-state index contributed by atoms with van der Waals surface area (Å²) < 4.78 is 13.3. The fourth-order valence-corrected chi connectivity index (χ4v) is 2.22. The minimum atomic E-state index is -1.03. The molecule has 0 bridgehead atoms. The Morgan fingerprint density at radius 1 is 1.50 bits per heavy atom. The molecule has 0 amide bonds. The fraction of sp³-hybridized carbons (Fsp3) is 0.500. The number of aryl methyl sites for hydroxylation is 1. The summed E-state index contributed by atoms with van der Waals surface area (Å²) >= 11 is 0. The van der Waals surface area contributed by atoms with Gasteiger partial charge >= 0.3 is 5.97 Å². The van der Waals surface area contributed by atoms with E-state index in [1.807, 2.05) is 0 Å². The zero-order valence-electron chi connectivity index (χ0n) is 10.7. The number of hydrogen-bond acceptors (Lipinski definition) is 2. The van der Waals surface area contributed by atoms with Gasteiger partial charge in [-0.15, -0.1) is 0 Å². The molecule has 98 valence electrons. The molecular formula is C14H18FNO2. The van der Waals surface area contributed by atoms with Gasteiger partial charge in [0, 0.05) is 5.69 Å². The lowest BCUT2D eigenvalue weighted by Crippen LogP contribution is -2.43. The number of carboxylic acid groups (broad SMARTS) is 1. The van der Waals surface area contributed by atoms with Crippen LogP contribution in [-0.2, 0) is 4.79 Å². The van der Waals surface area contributed by atoms with E-state index in [-0.39, 0.29) is 5.82 Å². The Bertz CT molecular complexity index is 451. The second kappa shape index (κ2) is 4.59. The van der Waals surface area contributed by atoms with Crippen LogP contribution in [0.3, 0.4) is 0 Å². The summed E-state index contributed by atoms with van der Waals surface area (Å²) in [5.41, 5.74) is 0.274. The van der Waals surface area contributed by atoms with Crippen LogP contribution in [0.15, 0.2) is 18.2 Å². The van der Waals surface area contributed by atoms with Gasteiger partial charge in [-0.05, 0) is 49.9 Å². The van der Waals surface area contributed by atoms with Crippen molar-refractivity contribution in [3.05, 3.63) is 29.6 Å². The van der Waals surface area contributed by atoms with E-state index >= 15 is 0 Å². The minimum absolute atomic E-state index is 0.350. The quantitative estimate of drug-likeness (QED) is 0.845. The van der Waals surface area contributed by atoms with Gasteiger partial charge in [-0.3, -0.25) is 0 Å². The molecule has 2 N–H and O–H groups in total. The molecule has 1 aliphatic rings. The van der Waals surface area contributed by atoms with Crippen LogP contribution in [0.5, 0.6) is 0 Å². The highest BCUT2D eigenvalue weighted by molar-refractivity contribution is 5.82. The number of carboxylic acids is 1. The zero-order chi connectivity index (χ0) is 13.3. The van der Waals surface area contributed by atoms with E-state index in [1.54, 1.807) is 19.9 Å². The monoisotopic (exact) mass is 251 g/mol. The lowest BCUT2D eigenvalue weighted by atomic mass is 9.94. The van der Waals surface area contributed by atoms with E-state index < -0.39 is 11.5 Å². The largest absolute Gasteiger partial charge is 0.480 e. The van der Waals surface area contributed by atoms with Crippen LogP contribution in [0.4, 0.5) is 10.1 Å². The maximum absolute atomic E-state index is 13.3. The molecule has 0 aromatic heterocycles. The molecule has 1 atom stereocenters. The summed E-state index contributed by atoms with van der Waals surface area (Å²) in [4.78, 5) is 11.4. The van der Waals surface area contributed by atoms with Crippen LogP contribution in [0.1, 0.15) is 31.7 Å². The van der Waals surface area contributed by atoms with Gasteiger partial charge in [0.2, 0.25) is 0 Å². The molecule has 0 saturated heterocycles. The van der Waals surface area contributed by atoms with Crippen molar-refractivity contribution in [2.75, 3.05) is 5.32 Å². The van der Waals surface area contributed by atoms with Crippen molar-refractivity contribution in [3.8, 4) is 0 Å². The second-order valence-corrected chi connectivity index (χ2v) is 5.43.